The van der Waals surface area contributed by atoms with Crippen molar-refractivity contribution in [3.8, 4) is 6.07 Å². The van der Waals surface area contributed by atoms with Gasteiger partial charge in [-0.25, -0.2) is 4.98 Å². The fourth-order valence-electron chi connectivity index (χ4n) is 2.16. The fraction of sp³-hybridized carbons (Fsp3) is 0.375. The molecule has 0 radical (unpaired) electrons. The Morgan fingerprint density at radius 3 is 2.80 bits per heavy atom. The molecule has 20 heavy (non-hydrogen) atoms. The van der Waals surface area contributed by atoms with Gasteiger partial charge < -0.3 is 10.4 Å². The third-order valence-electron chi connectivity index (χ3n) is 3.71. The van der Waals surface area contributed by atoms with E-state index in [0.29, 0.717) is 17.8 Å². The van der Waals surface area contributed by atoms with E-state index in [-0.39, 0.29) is 12.1 Å². The van der Waals surface area contributed by atoms with Crippen molar-refractivity contribution >= 4 is 16.7 Å². The molecule has 0 amide bonds. The molecule has 2 N–H and O–H groups in total. The first-order valence-corrected chi connectivity index (χ1v) is 6.81. The molecule has 104 valence electrons. The quantitative estimate of drug-likeness (QED) is 0.875. The number of fused-ring (bicyclic) bond motifs is 1. The van der Waals surface area contributed by atoms with Gasteiger partial charge in [-0.3, -0.25) is 0 Å². The number of aromatic nitrogens is 1. The van der Waals surface area contributed by atoms with Crippen LogP contribution >= 0.6 is 0 Å². The summed E-state index contributed by atoms with van der Waals surface area (Å²) in [6.07, 6.45) is 1.45. The van der Waals surface area contributed by atoms with Crippen molar-refractivity contribution in [2.75, 3.05) is 11.9 Å². The number of nitrogens with one attached hydrogen (secondary N) is 1. The normalized spacial score (nSPS) is 13.7. The number of aliphatic hydroxyl groups excluding tert-OH is 1. The minimum absolute atomic E-state index is 0.104. The Labute approximate surface area is 119 Å². The second kappa shape index (κ2) is 5.89. The molecule has 1 atom stereocenters. The summed E-state index contributed by atoms with van der Waals surface area (Å²) in [6.45, 7) is 4.18. The molecule has 0 saturated carbocycles. The Morgan fingerprint density at radius 2 is 2.15 bits per heavy atom. The van der Waals surface area contributed by atoms with Gasteiger partial charge >= 0.3 is 0 Å². The number of para-hydroxylation sites is 1. The minimum Gasteiger partial charge on any atom is -0.396 e. The topological polar surface area (TPSA) is 68.9 Å². The van der Waals surface area contributed by atoms with Gasteiger partial charge in [0.25, 0.3) is 0 Å². The van der Waals surface area contributed by atoms with Crippen LogP contribution < -0.4 is 5.32 Å². The third kappa shape index (κ3) is 2.89. The molecular formula is C16H19N3O. The maximum Gasteiger partial charge on any atom is 0.145 e. The van der Waals surface area contributed by atoms with Crippen molar-refractivity contribution in [1.29, 1.82) is 5.26 Å². The second-order valence-electron chi connectivity index (χ2n) is 5.20. The Morgan fingerprint density at radius 1 is 1.40 bits per heavy atom. The summed E-state index contributed by atoms with van der Waals surface area (Å²) in [6, 6.07) is 11.8. The predicted octanol–water partition coefficient (Wildman–Crippen LogP) is 3.07. The molecule has 1 aromatic heterocycles. The molecule has 1 aromatic carbocycles. The summed E-state index contributed by atoms with van der Waals surface area (Å²) in [5.74, 6) is 0.587. The molecule has 2 rings (SSSR count). The summed E-state index contributed by atoms with van der Waals surface area (Å²) < 4.78 is 0. The highest BCUT2D eigenvalue weighted by molar-refractivity contribution is 5.82. The van der Waals surface area contributed by atoms with Gasteiger partial charge in [0.15, 0.2) is 0 Å². The zero-order chi connectivity index (χ0) is 14.6. The van der Waals surface area contributed by atoms with E-state index in [1.54, 1.807) is 0 Å². The maximum atomic E-state index is 9.30. The SMILES string of the molecule is CCC(C)(CCO)Nc1nc2ccccc2cc1C#N. The summed E-state index contributed by atoms with van der Waals surface area (Å²) in [7, 11) is 0. The van der Waals surface area contributed by atoms with Crippen LogP contribution in [0.25, 0.3) is 10.9 Å². The number of benzene rings is 1. The lowest BCUT2D eigenvalue weighted by Crippen LogP contribution is -2.35. The minimum atomic E-state index is -0.268. The number of hydrogen-bond donors (Lipinski definition) is 2. The Hall–Kier alpha value is -2.12. The van der Waals surface area contributed by atoms with E-state index in [9.17, 15) is 10.4 Å². The lowest BCUT2D eigenvalue weighted by atomic mass is 9.94. The van der Waals surface area contributed by atoms with Crippen LogP contribution in [0.1, 0.15) is 32.3 Å². The van der Waals surface area contributed by atoms with Gasteiger partial charge in [0.1, 0.15) is 11.9 Å². The van der Waals surface area contributed by atoms with E-state index in [4.69, 9.17) is 0 Å². The molecule has 0 aliphatic carbocycles. The van der Waals surface area contributed by atoms with Gasteiger partial charge in [0.05, 0.1) is 11.1 Å². The summed E-state index contributed by atoms with van der Waals surface area (Å²) >= 11 is 0. The number of aliphatic hydroxyl groups is 1. The van der Waals surface area contributed by atoms with Crippen LogP contribution in [-0.4, -0.2) is 22.2 Å². The van der Waals surface area contributed by atoms with Gasteiger partial charge in [0, 0.05) is 17.5 Å². The van der Waals surface area contributed by atoms with Crippen molar-refractivity contribution in [3.05, 3.63) is 35.9 Å². The molecule has 2 aromatic rings. The molecule has 0 bridgehead atoms. The predicted molar refractivity (Wildman–Crippen MR) is 80.5 cm³/mol. The van der Waals surface area contributed by atoms with Crippen LogP contribution in [0.15, 0.2) is 30.3 Å². The molecule has 4 heteroatoms. The van der Waals surface area contributed by atoms with Crippen LogP contribution in [0.5, 0.6) is 0 Å². The van der Waals surface area contributed by atoms with Crippen LogP contribution in [0, 0.1) is 11.3 Å². The first-order chi connectivity index (χ1) is 9.61. The lowest BCUT2D eigenvalue weighted by Gasteiger charge is -2.30. The second-order valence-corrected chi connectivity index (χ2v) is 5.20. The van der Waals surface area contributed by atoms with Crippen LogP contribution in [-0.2, 0) is 0 Å². The smallest absolute Gasteiger partial charge is 0.145 e. The average Bonchev–Trinajstić information content (AvgIpc) is 2.46. The molecular weight excluding hydrogens is 250 g/mol. The molecule has 1 heterocycles. The van der Waals surface area contributed by atoms with E-state index in [2.05, 4.69) is 23.3 Å². The molecule has 0 aliphatic heterocycles. The highest BCUT2D eigenvalue weighted by Gasteiger charge is 2.23. The number of nitrogens with zero attached hydrogens (tertiary/aromatic N) is 2. The first-order valence-electron chi connectivity index (χ1n) is 6.81. The standard InChI is InChI=1S/C16H19N3O/c1-3-16(2,8-9-20)19-15-13(11-17)10-12-6-4-5-7-14(12)18-15/h4-7,10,20H,3,8-9H2,1-2H3,(H,18,19). The Kier molecular flexibility index (Phi) is 4.21. The van der Waals surface area contributed by atoms with E-state index < -0.39 is 0 Å². The highest BCUT2D eigenvalue weighted by Crippen LogP contribution is 2.25. The van der Waals surface area contributed by atoms with Crippen molar-refractivity contribution in [1.82, 2.24) is 4.98 Å². The first kappa shape index (κ1) is 14.3. The lowest BCUT2D eigenvalue weighted by molar-refractivity contribution is 0.252. The van der Waals surface area contributed by atoms with E-state index >= 15 is 0 Å². The van der Waals surface area contributed by atoms with Crippen molar-refractivity contribution in [3.63, 3.8) is 0 Å². The monoisotopic (exact) mass is 269 g/mol. The van der Waals surface area contributed by atoms with Gasteiger partial charge in [-0.15, -0.1) is 0 Å². The van der Waals surface area contributed by atoms with Crippen molar-refractivity contribution < 1.29 is 5.11 Å². The molecule has 1 unspecified atom stereocenters. The summed E-state index contributed by atoms with van der Waals surface area (Å²) in [5, 5.41) is 22.8. The van der Waals surface area contributed by atoms with Gasteiger partial charge in [-0.2, -0.15) is 5.26 Å². The van der Waals surface area contributed by atoms with Crippen molar-refractivity contribution in [2.45, 2.75) is 32.2 Å². The largest absolute Gasteiger partial charge is 0.396 e. The molecule has 0 saturated heterocycles. The number of anilines is 1. The van der Waals surface area contributed by atoms with E-state index in [0.717, 1.165) is 17.3 Å². The number of rotatable bonds is 5. The van der Waals surface area contributed by atoms with E-state index in [1.165, 1.54) is 0 Å². The van der Waals surface area contributed by atoms with Crippen LogP contribution in [0.4, 0.5) is 5.82 Å². The molecule has 0 fully saturated rings. The maximum absolute atomic E-state index is 9.30. The number of hydrogen-bond acceptors (Lipinski definition) is 4. The summed E-state index contributed by atoms with van der Waals surface area (Å²) in [5.41, 5.74) is 1.12. The third-order valence-corrected chi connectivity index (χ3v) is 3.71. The molecule has 0 aliphatic rings. The zero-order valence-electron chi connectivity index (χ0n) is 11.8. The van der Waals surface area contributed by atoms with Crippen molar-refractivity contribution in [2.24, 2.45) is 0 Å². The van der Waals surface area contributed by atoms with Gasteiger partial charge in [-0.1, -0.05) is 25.1 Å². The molecule has 4 nitrogen and oxygen atoms in total. The Bertz CT molecular complexity index is 648. The highest BCUT2D eigenvalue weighted by atomic mass is 16.3. The van der Waals surface area contributed by atoms with Gasteiger partial charge in [0.2, 0.25) is 0 Å². The number of pyridine rings is 1. The molecule has 0 spiro atoms. The summed E-state index contributed by atoms with van der Waals surface area (Å²) in [4.78, 5) is 4.55. The fourth-order valence-corrected chi connectivity index (χ4v) is 2.16. The Balaban J connectivity index is 2.45. The zero-order valence-corrected chi connectivity index (χ0v) is 11.8. The number of nitriles is 1. The van der Waals surface area contributed by atoms with Gasteiger partial charge in [-0.05, 0) is 31.9 Å². The van der Waals surface area contributed by atoms with E-state index in [1.807, 2.05) is 37.3 Å². The van der Waals surface area contributed by atoms with Crippen LogP contribution in [0.2, 0.25) is 0 Å². The average molecular weight is 269 g/mol. The van der Waals surface area contributed by atoms with Crippen LogP contribution in [0.3, 0.4) is 0 Å².